The Morgan fingerprint density at radius 2 is 2.12 bits per heavy atom. The number of benzene rings is 2. The molecule has 0 saturated heterocycles. The number of nitrogens with one attached hydrogen (secondary N) is 1. The molecule has 6 nitrogen and oxygen atoms in total. The molecular formula is C19H18N4O2. The second-order valence-corrected chi connectivity index (χ2v) is 5.35. The van der Waals surface area contributed by atoms with Crippen molar-refractivity contribution in [2.45, 2.75) is 6.54 Å². The first-order valence-corrected chi connectivity index (χ1v) is 7.79. The molecule has 0 aliphatic rings. The van der Waals surface area contributed by atoms with E-state index >= 15 is 0 Å². The van der Waals surface area contributed by atoms with Gasteiger partial charge in [0.25, 0.3) is 5.91 Å². The average Bonchev–Trinajstić information content (AvgIpc) is 3.15. The second kappa shape index (κ2) is 7.92. The summed E-state index contributed by atoms with van der Waals surface area (Å²) in [7, 11) is 1.59. The summed E-state index contributed by atoms with van der Waals surface area (Å²) in [5, 5.41) is 8.18. The number of aromatic nitrogens is 2. The highest BCUT2D eigenvalue weighted by Gasteiger charge is 2.06. The fourth-order valence-electron chi connectivity index (χ4n) is 2.39. The molecule has 0 saturated carbocycles. The summed E-state index contributed by atoms with van der Waals surface area (Å²) in [5.41, 5.74) is 4.86. The third kappa shape index (κ3) is 4.32. The summed E-state index contributed by atoms with van der Waals surface area (Å²) >= 11 is 0. The minimum atomic E-state index is -0.270. The molecular weight excluding hydrogens is 316 g/mol. The number of ether oxygens (including phenoxy) is 1. The van der Waals surface area contributed by atoms with Crippen LogP contribution in [0.5, 0.6) is 5.75 Å². The van der Waals surface area contributed by atoms with E-state index in [0.29, 0.717) is 17.9 Å². The maximum Gasteiger partial charge on any atom is 0.271 e. The van der Waals surface area contributed by atoms with Gasteiger partial charge in [0.15, 0.2) is 0 Å². The summed E-state index contributed by atoms with van der Waals surface area (Å²) in [6.07, 6.45) is 5.16. The molecule has 3 aromatic rings. The summed E-state index contributed by atoms with van der Waals surface area (Å²) in [6, 6.07) is 16.7. The van der Waals surface area contributed by atoms with E-state index in [9.17, 15) is 4.79 Å². The van der Waals surface area contributed by atoms with Crippen LogP contribution in [-0.2, 0) is 6.54 Å². The van der Waals surface area contributed by atoms with Gasteiger partial charge >= 0.3 is 0 Å². The standard InChI is InChI=1S/C19H18N4O2/c1-25-18-9-3-2-7-17(18)13-20-22-19(24)16-8-4-6-15(12-16)14-23-11-5-10-21-23/h2-13H,14H2,1H3,(H,22,24)/b20-13+. The molecule has 126 valence electrons. The number of hydrogen-bond acceptors (Lipinski definition) is 4. The van der Waals surface area contributed by atoms with Crippen molar-refractivity contribution in [3.8, 4) is 5.75 Å². The molecule has 25 heavy (non-hydrogen) atoms. The first-order chi connectivity index (χ1) is 12.3. The lowest BCUT2D eigenvalue weighted by Crippen LogP contribution is -2.18. The molecule has 3 rings (SSSR count). The lowest BCUT2D eigenvalue weighted by atomic mass is 10.1. The SMILES string of the molecule is COc1ccccc1/C=N/NC(=O)c1cccc(Cn2cccn2)c1. The lowest BCUT2D eigenvalue weighted by molar-refractivity contribution is 0.0955. The highest BCUT2D eigenvalue weighted by Crippen LogP contribution is 2.14. The zero-order valence-corrected chi connectivity index (χ0v) is 13.8. The Morgan fingerprint density at radius 1 is 1.24 bits per heavy atom. The summed E-state index contributed by atoms with van der Waals surface area (Å²) in [4.78, 5) is 12.3. The quantitative estimate of drug-likeness (QED) is 0.557. The van der Waals surface area contributed by atoms with Crippen LogP contribution in [0.2, 0.25) is 0 Å². The van der Waals surface area contributed by atoms with Gasteiger partial charge in [-0.25, -0.2) is 5.43 Å². The van der Waals surface area contributed by atoms with E-state index in [4.69, 9.17) is 4.74 Å². The maximum absolute atomic E-state index is 12.3. The van der Waals surface area contributed by atoms with E-state index in [-0.39, 0.29) is 5.91 Å². The summed E-state index contributed by atoms with van der Waals surface area (Å²) in [6.45, 7) is 0.610. The van der Waals surface area contributed by atoms with Crippen LogP contribution in [0.4, 0.5) is 0 Å². The molecule has 0 atom stereocenters. The van der Waals surface area contributed by atoms with E-state index in [2.05, 4.69) is 15.6 Å². The van der Waals surface area contributed by atoms with Crippen LogP contribution in [0.1, 0.15) is 21.5 Å². The maximum atomic E-state index is 12.3. The third-order valence-electron chi connectivity index (χ3n) is 3.60. The molecule has 0 aliphatic carbocycles. The van der Waals surface area contributed by atoms with Crippen LogP contribution in [0.3, 0.4) is 0 Å². The number of amides is 1. The Hall–Kier alpha value is -3.41. The van der Waals surface area contributed by atoms with Gasteiger partial charge in [0.2, 0.25) is 0 Å². The van der Waals surface area contributed by atoms with Crippen molar-refractivity contribution < 1.29 is 9.53 Å². The Balaban J connectivity index is 1.66. The molecule has 6 heteroatoms. The van der Waals surface area contributed by atoms with Crippen molar-refractivity contribution in [1.82, 2.24) is 15.2 Å². The number of para-hydroxylation sites is 1. The first-order valence-electron chi connectivity index (χ1n) is 7.79. The van der Waals surface area contributed by atoms with Crippen LogP contribution >= 0.6 is 0 Å². The molecule has 0 fully saturated rings. The van der Waals surface area contributed by atoms with Gasteiger partial charge in [-0.1, -0.05) is 24.3 Å². The van der Waals surface area contributed by atoms with E-state index < -0.39 is 0 Å². The molecule has 0 bridgehead atoms. The van der Waals surface area contributed by atoms with Gasteiger partial charge in [0.1, 0.15) is 5.75 Å². The van der Waals surface area contributed by atoms with Crippen molar-refractivity contribution in [1.29, 1.82) is 0 Å². The van der Waals surface area contributed by atoms with Gasteiger partial charge in [-0.2, -0.15) is 10.2 Å². The predicted octanol–water partition coefficient (Wildman–Crippen LogP) is 2.70. The largest absolute Gasteiger partial charge is 0.496 e. The van der Waals surface area contributed by atoms with Crippen LogP contribution in [-0.4, -0.2) is 29.0 Å². The van der Waals surface area contributed by atoms with Gasteiger partial charge in [0.05, 0.1) is 19.9 Å². The van der Waals surface area contributed by atoms with Crippen LogP contribution in [0.15, 0.2) is 72.1 Å². The molecule has 2 aromatic carbocycles. The molecule has 1 N–H and O–H groups in total. The van der Waals surface area contributed by atoms with Crippen LogP contribution in [0.25, 0.3) is 0 Å². The van der Waals surface area contributed by atoms with Gasteiger partial charge in [-0.05, 0) is 35.9 Å². The van der Waals surface area contributed by atoms with Gasteiger partial charge in [0, 0.05) is 23.5 Å². The Morgan fingerprint density at radius 3 is 2.92 bits per heavy atom. The number of carbonyl (C=O) groups excluding carboxylic acids is 1. The van der Waals surface area contributed by atoms with Gasteiger partial charge in [-0.3, -0.25) is 9.48 Å². The molecule has 0 radical (unpaired) electrons. The number of hydrazone groups is 1. The van der Waals surface area contributed by atoms with Crippen molar-refractivity contribution in [2.24, 2.45) is 5.10 Å². The topological polar surface area (TPSA) is 68.5 Å². The van der Waals surface area contributed by atoms with Crippen molar-refractivity contribution >= 4 is 12.1 Å². The predicted molar refractivity (Wildman–Crippen MR) is 95.8 cm³/mol. The zero-order valence-electron chi connectivity index (χ0n) is 13.8. The average molecular weight is 334 g/mol. The highest BCUT2D eigenvalue weighted by molar-refractivity contribution is 5.95. The molecule has 1 aromatic heterocycles. The molecule has 0 unspecified atom stereocenters. The van der Waals surface area contributed by atoms with Crippen LogP contribution < -0.4 is 10.2 Å². The van der Waals surface area contributed by atoms with Crippen molar-refractivity contribution in [3.63, 3.8) is 0 Å². The molecule has 1 heterocycles. The minimum absolute atomic E-state index is 0.270. The summed E-state index contributed by atoms with van der Waals surface area (Å²) in [5.74, 6) is 0.426. The van der Waals surface area contributed by atoms with E-state index in [1.54, 1.807) is 30.3 Å². The fraction of sp³-hybridized carbons (Fsp3) is 0.105. The van der Waals surface area contributed by atoms with E-state index in [1.165, 1.54) is 0 Å². The normalized spacial score (nSPS) is 10.8. The Labute approximate surface area is 145 Å². The monoisotopic (exact) mass is 334 g/mol. The smallest absolute Gasteiger partial charge is 0.271 e. The van der Waals surface area contributed by atoms with Crippen molar-refractivity contribution in [3.05, 3.63) is 83.7 Å². The zero-order chi connectivity index (χ0) is 17.5. The van der Waals surface area contributed by atoms with Gasteiger partial charge in [-0.15, -0.1) is 0 Å². The first kappa shape index (κ1) is 16.4. The Bertz CT molecular complexity index is 873. The van der Waals surface area contributed by atoms with Crippen LogP contribution in [0, 0.1) is 0 Å². The number of carbonyl (C=O) groups is 1. The van der Waals surface area contributed by atoms with E-state index in [0.717, 1.165) is 11.1 Å². The summed E-state index contributed by atoms with van der Waals surface area (Å²) < 4.78 is 7.04. The number of nitrogens with zero attached hydrogens (tertiary/aromatic N) is 3. The number of methoxy groups -OCH3 is 1. The second-order valence-electron chi connectivity index (χ2n) is 5.35. The number of hydrogen-bond donors (Lipinski definition) is 1. The fourth-order valence-corrected chi connectivity index (χ4v) is 2.39. The minimum Gasteiger partial charge on any atom is -0.496 e. The third-order valence-corrected chi connectivity index (χ3v) is 3.60. The Kier molecular flexibility index (Phi) is 5.21. The molecule has 0 spiro atoms. The molecule has 1 amide bonds. The van der Waals surface area contributed by atoms with E-state index in [1.807, 2.05) is 54.7 Å². The van der Waals surface area contributed by atoms with Crippen molar-refractivity contribution in [2.75, 3.05) is 7.11 Å². The van der Waals surface area contributed by atoms with Gasteiger partial charge < -0.3 is 4.74 Å². The lowest BCUT2D eigenvalue weighted by Gasteiger charge is -2.05. The molecule has 0 aliphatic heterocycles. The number of rotatable bonds is 6. The highest BCUT2D eigenvalue weighted by atomic mass is 16.5.